The Morgan fingerprint density at radius 3 is 2.71 bits per heavy atom. The predicted octanol–water partition coefficient (Wildman–Crippen LogP) is 1.57. The van der Waals surface area contributed by atoms with Gasteiger partial charge in [0.2, 0.25) is 0 Å². The third kappa shape index (κ3) is 2.45. The molecule has 0 radical (unpaired) electrons. The van der Waals surface area contributed by atoms with E-state index in [0.29, 0.717) is 0 Å². The fraction of sp³-hybridized carbons (Fsp3) is 0.545. The Morgan fingerprint density at radius 2 is 2.21 bits per heavy atom. The Labute approximate surface area is 86.2 Å². The van der Waals surface area contributed by atoms with Crippen LogP contribution in [0.5, 0.6) is 0 Å². The van der Waals surface area contributed by atoms with Crippen molar-refractivity contribution in [2.45, 2.75) is 20.4 Å². The van der Waals surface area contributed by atoms with Crippen molar-refractivity contribution in [3.63, 3.8) is 0 Å². The second-order valence-electron chi connectivity index (χ2n) is 3.51. The van der Waals surface area contributed by atoms with E-state index in [1.54, 1.807) is 0 Å². The first-order valence-corrected chi connectivity index (χ1v) is 5.00. The van der Waals surface area contributed by atoms with Crippen molar-refractivity contribution in [1.29, 1.82) is 0 Å². The van der Waals surface area contributed by atoms with Gasteiger partial charge in [-0.1, -0.05) is 0 Å². The summed E-state index contributed by atoms with van der Waals surface area (Å²) in [7, 11) is 4.00. The zero-order chi connectivity index (χ0) is 10.6. The van der Waals surface area contributed by atoms with Gasteiger partial charge in [-0.3, -0.25) is 0 Å². The number of aryl methyl sites for hydroxylation is 1. The maximum Gasteiger partial charge on any atom is 0.128 e. The van der Waals surface area contributed by atoms with E-state index in [2.05, 4.69) is 42.2 Å². The van der Waals surface area contributed by atoms with E-state index >= 15 is 0 Å². The summed E-state index contributed by atoms with van der Waals surface area (Å²) in [5, 5.41) is 3.13. The monoisotopic (exact) mass is 193 g/mol. The van der Waals surface area contributed by atoms with Gasteiger partial charge in [-0.15, -0.1) is 0 Å². The lowest BCUT2D eigenvalue weighted by Gasteiger charge is -2.16. The molecule has 1 rings (SSSR count). The number of anilines is 1. The molecule has 0 unspecified atom stereocenters. The van der Waals surface area contributed by atoms with Crippen molar-refractivity contribution in [2.75, 3.05) is 25.5 Å². The van der Waals surface area contributed by atoms with Crippen LogP contribution in [0.4, 0.5) is 5.82 Å². The van der Waals surface area contributed by atoms with Gasteiger partial charge in [0.15, 0.2) is 0 Å². The van der Waals surface area contributed by atoms with Crippen molar-refractivity contribution in [3.8, 4) is 0 Å². The minimum atomic E-state index is 0.884. The van der Waals surface area contributed by atoms with Crippen LogP contribution in [0.15, 0.2) is 12.3 Å². The summed E-state index contributed by atoms with van der Waals surface area (Å²) in [6.07, 6.45) is 1.95. The highest BCUT2D eigenvalue weighted by Gasteiger charge is 2.03. The molecular formula is C11H19N3. The molecular weight excluding hydrogens is 174 g/mol. The van der Waals surface area contributed by atoms with Crippen LogP contribution in [0, 0.1) is 6.92 Å². The molecule has 78 valence electrons. The second kappa shape index (κ2) is 4.96. The minimum absolute atomic E-state index is 0.884. The highest BCUT2D eigenvalue weighted by molar-refractivity contribution is 5.42. The molecule has 0 aliphatic rings. The lowest BCUT2D eigenvalue weighted by atomic mass is 10.1. The van der Waals surface area contributed by atoms with Crippen LogP contribution in [0.1, 0.15) is 18.1 Å². The number of pyridine rings is 1. The quantitative estimate of drug-likeness (QED) is 0.786. The smallest absolute Gasteiger partial charge is 0.128 e. The van der Waals surface area contributed by atoms with Gasteiger partial charge < -0.3 is 10.2 Å². The molecule has 1 heterocycles. The third-order valence-corrected chi connectivity index (χ3v) is 2.44. The fourth-order valence-corrected chi connectivity index (χ4v) is 1.32. The molecule has 0 atom stereocenters. The second-order valence-corrected chi connectivity index (χ2v) is 3.51. The molecule has 3 heteroatoms. The van der Waals surface area contributed by atoms with Crippen LogP contribution in [0.25, 0.3) is 0 Å². The topological polar surface area (TPSA) is 28.2 Å². The molecule has 3 nitrogen and oxygen atoms in total. The summed E-state index contributed by atoms with van der Waals surface area (Å²) in [5.41, 5.74) is 2.56. The van der Waals surface area contributed by atoms with Crippen LogP contribution in [-0.4, -0.2) is 25.6 Å². The lowest BCUT2D eigenvalue weighted by molar-refractivity contribution is 0.804. The van der Waals surface area contributed by atoms with E-state index in [9.17, 15) is 0 Å². The van der Waals surface area contributed by atoms with Gasteiger partial charge in [-0.05, 0) is 38.1 Å². The van der Waals surface area contributed by atoms with Gasteiger partial charge in [-0.2, -0.15) is 0 Å². The van der Waals surface area contributed by atoms with E-state index < -0.39 is 0 Å². The van der Waals surface area contributed by atoms with Gasteiger partial charge in [0.05, 0.1) is 0 Å². The fourth-order valence-electron chi connectivity index (χ4n) is 1.32. The highest BCUT2D eigenvalue weighted by atomic mass is 15.1. The third-order valence-electron chi connectivity index (χ3n) is 2.44. The molecule has 1 N–H and O–H groups in total. The Kier molecular flexibility index (Phi) is 3.89. The van der Waals surface area contributed by atoms with Gasteiger partial charge in [0.25, 0.3) is 0 Å². The summed E-state index contributed by atoms with van der Waals surface area (Å²) >= 11 is 0. The Morgan fingerprint density at radius 1 is 1.50 bits per heavy atom. The van der Waals surface area contributed by atoms with E-state index in [1.165, 1.54) is 11.1 Å². The molecule has 0 saturated carbocycles. The van der Waals surface area contributed by atoms with Crippen LogP contribution in [-0.2, 0) is 6.54 Å². The number of hydrogen-bond donors (Lipinski definition) is 1. The maximum atomic E-state index is 4.41. The van der Waals surface area contributed by atoms with Gasteiger partial charge in [0.1, 0.15) is 5.82 Å². The zero-order valence-corrected chi connectivity index (χ0v) is 9.46. The molecule has 0 aliphatic heterocycles. The zero-order valence-electron chi connectivity index (χ0n) is 9.46. The summed E-state index contributed by atoms with van der Waals surface area (Å²) in [6.45, 7) is 6.12. The van der Waals surface area contributed by atoms with Crippen LogP contribution >= 0.6 is 0 Å². The summed E-state index contributed by atoms with van der Waals surface area (Å²) in [6, 6.07) is 2.14. The minimum Gasteiger partial charge on any atom is -0.360 e. The number of nitrogens with zero attached hydrogens (tertiary/aromatic N) is 2. The summed E-state index contributed by atoms with van der Waals surface area (Å²) in [5.74, 6) is 1.05. The SMILES string of the molecule is CCN(C)c1cc(C)c(CNC)cn1. The normalized spacial score (nSPS) is 10.3. The largest absolute Gasteiger partial charge is 0.360 e. The average molecular weight is 193 g/mol. The highest BCUT2D eigenvalue weighted by Crippen LogP contribution is 2.14. The van der Waals surface area contributed by atoms with Crippen molar-refractivity contribution in [3.05, 3.63) is 23.4 Å². The Bertz CT molecular complexity index is 297. The Balaban J connectivity index is 2.88. The van der Waals surface area contributed by atoms with E-state index in [4.69, 9.17) is 0 Å². The van der Waals surface area contributed by atoms with Crippen molar-refractivity contribution >= 4 is 5.82 Å². The lowest BCUT2D eigenvalue weighted by Crippen LogP contribution is -2.18. The number of rotatable bonds is 4. The molecule has 1 aromatic rings. The number of hydrogen-bond acceptors (Lipinski definition) is 3. The first-order chi connectivity index (χ1) is 6.69. The number of aromatic nitrogens is 1. The molecule has 0 fully saturated rings. The van der Waals surface area contributed by atoms with Crippen LogP contribution < -0.4 is 10.2 Å². The average Bonchev–Trinajstić information content (AvgIpc) is 2.20. The Hall–Kier alpha value is -1.09. The molecule has 1 aromatic heterocycles. The molecule has 0 aromatic carbocycles. The molecule has 14 heavy (non-hydrogen) atoms. The molecule has 0 amide bonds. The molecule has 0 saturated heterocycles. The summed E-state index contributed by atoms with van der Waals surface area (Å²) < 4.78 is 0. The molecule has 0 aliphatic carbocycles. The summed E-state index contributed by atoms with van der Waals surface area (Å²) in [4.78, 5) is 6.55. The maximum absolute atomic E-state index is 4.41. The van der Waals surface area contributed by atoms with Crippen molar-refractivity contribution < 1.29 is 0 Å². The van der Waals surface area contributed by atoms with E-state index in [1.807, 2.05) is 13.2 Å². The molecule has 0 spiro atoms. The molecule has 0 bridgehead atoms. The van der Waals surface area contributed by atoms with Crippen LogP contribution in [0.2, 0.25) is 0 Å². The first kappa shape index (κ1) is 11.0. The van der Waals surface area contributed by atoms with Crippen molar-refractivity contribution in [2.24, 2.45) is 0 Å². The van der Waals surface area contributed by atoms with Crippen LogP contribution in [0.3, 0.4) is 0 Å². The van der Waals surface area contributed by atoms with Gasteiger partial charge in [-0.25, -0.2) is 4.98 Å². The number of nitrogens with one attached hydrogen (secondary N) is 1. The van der Waals surface area contributed by atoms with E-state index in [-0.39, 0.29) is 0 Å². The standard InChI is InChI=1S/C11H19N3/c1-5-14(4)11-6-9(2)10(7-12-3)8-13-11/h6,8,12H,5,7H2,1-4H3. The predicted molar refractivity (Wildman–Crippen MR) is 60.7 cm³/mol. The van der Waals surface area contributed by atoms with Crippen molar-refractivity contribution in [1.82, 2.24) is 10.3 Å². The van der Waals surface area contributed by atoms with Gasteiger partial charge >= 0.3 is 0 Å². The van der Waals surface area contributed by atoms with Gasteiger partial charge in [0, 0.05) is 26.3 Å². The first-order valence-electron chi connectivity index (χ1n) is 5.00. The van der Waals surface area contributed by atoms with E-state index in [0.717, 1.165) is 18.9 Å².